The van der Waals surface area contributed by atoms with E-state index in [0.29, 0.717) is 12.3 Å². The van der Waals surface area contributed by atoms with Gasteiger partial charge in [-0.05, 0) is 26.3 Å². The van der Waals surface area contributed by atoms with Gasteiger partial charge in [0.15, 0.2) is 0 Å². The molecule has 1 rings (SSSR count). The number of esters is 1. The molecule has 6 heteroatoms. The molecule has 0 aliphatic carbocycles. The van der Waals surface area contributed by atoms with Crippen LogP contribution in [0, 0.1) is 0 Å². The summed E-state index contributed by atoms with van der Waals surface area (Å²) in [4.78, 5) is 22.7. The lowest BCUT2D eigenvalue weighted by Crippen LogP contribution is -2.35. The second-order valence-corrected chi connectivity index (χ2v) is 3.48. The second kappa shape index (κ2) is 5.83. The summed E-state index contributed by atoms with van der Waals surface area (Å²) in [6, 6.07) is 0. The Bertz CT molecular complexity index is 406. The van der Waals surface area contributed by atoms with Crippen molar-refractivity contribution >= 4 is 18.2 Å². The predicted molar refractivity (Wildman–Crippen MR) is 62.6 cm³/mol. The first-order valence-electron chi connectivity index (χ1n) is 5.21. The van der Waals surface area contributed by atoms with Gasteiger partial charge in [0.25, 0.3) is 5.91 Å². The van der Waals surface area contributed by atoms with Crippen LogP contribution >= 0.6 is 0 Å². The zero-order valence-corrected chi connectivity index (χ0v) is 10.1. The summed E-state index contributed by atoms with van der Waals surface area (Å²) in [6.07, 6.45) is 3.89. The van der Waals surface area contributed by atoms with Crippen molar-refractivity contribution < 1.29 is 14.3 Å². The summed E-state index contributed by atoms with van der Waals surface area (Å²) in [6.45, 7) is 5.62. The van der Waals surface area contributed by atoms with Crippen molar-refractivity contribution in [3.05, 3.63) is 23.5 Å². The van der Waals surface area contributed by atoms with Gasteiger partial charge in [-0.15, -0.1) is 0 Å². The highest BCUT2D eigenvalue weighted by Gasteiger charge is 2.19. The van der Waals surface area contributed by atoms with Gasteiger partial charge in [-0.25, -0.2) is 9.80 Å². The molecule has 0 aromatic rings. The molecule has 0 spiro atoms. The van der Waals surface area contributed by atoms with E-state index in [1.165, 1.54) is 23.6 Å². The molecule has 92 valence electrons. The summed E-state index contributed by atoms with van der Waals surface area (Å²) in [7, 11) is 0. The normalized spacial score (nSPS) is 15.1. The van der Waals surface area contributed by atoms with Crippen molar-refractivity contribution in [2.24, 2.45) is 5.10 Å². The summed E-state index contributed by atoms with van der Waals surface area (Å²) in [5.41, 5.74) is 1.20. The fourth-order valence-electron chi connectivity index (χ4n) is 1.27. The van der Waals surface area contributed by atoms with Gasteiger partial charge in [-0.2, -0.15) is 5.10 Å². The first kappa shape index (κ1) is 13.0. The Morgan fingerprint density at radius 3 is 2.88 bits per heavy atom. The van der Waals surface area contributed by atoms with Crippen LogP contribution in [0.1, 0.15) is 20.8 Å². The van der Waals surface area contributed by atoms with Crippen LogP contribution in [0.5, 0.6) is 0 Å². The standard InChI is InChI=1S/C11H15N3O3/c1-4-17-9(15)5-6-14-10(8(2)3)11(16)12-7-13-14/h5-7H,4H2,1-3H3,(H,12,13,16)/b6-5+. The molecule has 6 nitrogen and oxygen atoms in total. The molecule has 1 N–H and O–H groups in total. The smallest absolute Gasteiger partial charge is 0.332 e. The number of rotatable bonds is 3. The van der Waals surface area contributed by atoms with Crippen LogP contribution in [0.15, 0.2) is 28.6 Å². The molecular weight excluding hydrogens is 222 g/mol. The van der Waals surface area contributed by atoms with Gasteiger partial charge in [0.05, 0.1) is 6.61 Å². The molecule has 1 amide bonds. The number of carbonyl (C=O) groups is 2. The zero-order valence-electron chi connectivity index (χ0n) is 10.1. The molecular formula is C11H15N3O3. The monoisotopic (exact) mass is 237 g/mol. The van der Waals surface area contributed by atoms with Crippen molar-refractivity contribution in [1.29, 1.82) is 0 Å². The molecule has 1 aliphatic heterocycles. The number of carbonyl (C=O) groups excluding carboxylic acids is 2. The largest absolute Gasteiger partial charge is 0.463 e. The molecule has 1 aliphatic rings. The number of hydrogen-bond acceptors (Lipinski definition) is 5. The van der Waals surface area contributed by atoms with E-state index in [0.717, 1.165) is 5.57 Å². The van der Waals surface area contributed by atoms with E-state index in [1.54, 1.807) is 20.8 Å². The molecule has 0 saturated heterocycles. The van der Waals surface area contributed by atoms with E-state index in [1.807, 2.05) is 0 Å². The Kier molecular flexibility index (Phi) is 4.45. The average Bonchev–Trinajstić information content (AvgIpc) is 2.26. The first-order chi connectivity index (χ1) is 8.06. The lowest BCUT2D eigenvalue weighted by atomic mass is 10.2. The Labute approximate surface area is 99.6 Å². The van der Waals surface area contributed by atoms with Crippen LogP contribution in [0.4, 0.5) is 0 Å². The van der Waals surface area contributed by atoms with Crippen LogP contribution in [0.3, 0.4) is 0 Å². The minimum Gasteiger partial charge on any atom is -0.463 e. The topological polar surface area (TPSA) is 71.0 Å². The van der Waals surface area contributed by atoms with Crippen LogP contribution in [0.2, 0.25) is 0 Å². The van der Waals surface area contributed by atoms with Gasteiger partial charge in [0.1, 0.15) is 12.0 Å². The molecule has 0 radical (unpaired) electrons. The van der Waals surface area contributed by atoms with Gasteiger partial charge in [-0.3, -0.25) is 4.79 Å². The van der Waals surface area contributed by atoms with Gasteiger partial charge >= 0.3 is 5.97 Å². The van der Waals surface area contributed by atoms with Crippen LogP contribution < -0.4 is 5.32 Å². The van der Waals surface area contributed by atoms with E-state index in [9.17, 15) is 9.59 Å². The first-order valence-corrected chi connectivity index (χ1v) is 5.21. The third-order valence-corrected chi connectivity index (χ3v) is 1.93. The van der Waals surface area contributed by atoms with E-state index in [4.69, 9.17) is 4.74 Å². The van der Waals surface area contributed by atoms with E-state index >= 15 is 0 Å². The molecule has 17 heavy (non-hydrogen) atoms. The number of allylic oxidation sites excluding steroid dienone is 1. The van der Waals surface area contributed by atoms with Crippen molar-refractivity contribution in [3.63, 3.8) is 0 Å². The molecule has 0 bridgehead atoms. The quantitative estimate of drug-likeness (QED) is 0.580. The van der Waals surface area contributed by atoms with E-state index in [-0.39, 0.29) is 5.91 Å². The molecule has 0 aromatic carbocycles. The maximum absolute atomic E-state index is 11.6. The highest BCUT2D eigenvalue weighted by molar-refractivity contribution is 6.01. The highest BCUT2D eigenvalue weighted by Crippen LogP contribution is 2.13. The number of ether oxygens (including phenoxy) is 1. The molecule has 1 heterocycles. The Morgan fingerprint density at radius 1 is 1.59 bits per heavy atom. The average molecular weight is 237 g/mol. The maximum Gasteiger partial charge on any atom is 0.332 e. The lowest BCUT2D eigenvalue weighted by molar-refractivity contribution is -0.137. The molecule has 0 unspecified atom stereocenters. The van der Waals surface area contributed by atoms with Crippen LogP contribution in [-0.2, 0) is 14.3 Å². The molecule has 0 fully saturated rings. The third kappa shape index (κ3) is 3.44. The van der Waals surface area contributed by atoms with Gasteiger partial charge in [-0.1, -0.05) is 0 Å². The number of nitrogens with one attached hydrogen (secondary N) is 1. The van der Waals surface area contributed by atoms with Crippen LogP contribution in [0.25, 0.3) is 0 Å². The van der Waals surface area contributed by atoms with Gasteiger partial charge in [0, 0.05) is 12.3 Å². The van der Waals surface area contributed by atoms with E-state index in [2.05, 4.69) is 10.4 Å². The summed E-state index contributed by atoms with van der Waals surface area (Å²) in [5, 5.41) is 7.75. The summed E-state index contributed by atoms with van der Waals surface area (Å²) >= 11 is 0. The maximum atomic E-state index is 11.6. The van der Waals surface area contributed by atoms with Crippen molar-refractivity contribution in [2.45, 2.75) is 20.8 Å². The number of nitrogens with zero attached hydrogens (tertiary/aromatic N) is 2. The van der Waals surface area contributed by atoms with Crippen molar-refractivity contribution in [3.8, 4) is 0 Å². The minimum absolute atomic E-state index is 0.256. The SMILES string of the molecule is CCOC(=O)/C=C/N1N=CNC(=O)C1=C(C)C. The Hall–Kier alpha value is -2.11. The zero-order chi connectivity index (χ0) is 12.8. The second-order valence-electron chi connectivity index (χ2n) is 3.48. The Morgan fingerprint density at radius 2 is 2.29 bits per heavy atom. The fourth-order valence-corrected chi connectivity index (χ4v) is 1.27. The minimum atomic E-state index is -0.471. The van der Waals surface area contributed by atoms with Gasteiger partial charge < -0.3 is 10.1 Å². The number of hydrogen-bond donors (Lipinski definition) is 1. The lowest BCUT2D eigenvalue weighted by Gasteiger charge is -2.21. The highest BCUT2D eigenvalue weighted by atomic mass is 16.5. The van der Waals surface area contributed by atoms with Crippen molar-refractivity contribution in [2.75, 3.05) is 6.61 Å². The Balaban J connectivity index is 2.85. The summed E-state index contributed by atoms with van der Waals surface area (Å²) in [5.74, 6) is -0.727. The number of amides is 1. The molecule has 0 atom stereocenters. The van der Waals surface area contributed by atoms with Crippen molar-refractivity contribution in [1.82, 2.24) is 10.3 Å². The van der Waals surface area contributed by atoms with Crippen LogP contribution in [-0.4, -0.2) is 29.8 Å². The fraction of sp³-hybridized carbons (Fsp3) is 0.364. The number of hydrazone groups is 1. The predicted octanol–water partition coefficient (Wildman–Crippen LogP) is 0.732. The summed E-state index contributed by atoms with van der Waals surface area (Å²) < 4.78 is 4.73. The van der Waals surface area contributed by atoms with Gasteiger partial charge in [0.2, 0.25) is 0 Å². The third-order valence-electron chi connectivity index (χ3n) is 1.93. The van der Waals surface area contributed by atoms with E-state index < -0.39 is 5.97 Å². The molecule has 0 saturated carbocycles. The molecule has 0 aromatic heterocycles.